The first-order chi connectivity index (χ1) is 10.3. The molecule has 0 N–H and O–H groups in total. The Balaban J connectivity index is 1.42. The van der Waals surface area contributed by atoms with E-state index >= 15 is 0 Å². The van der Waals surface area contributed by atoms with Gasteiger partial charge in [-0.05, 0) is 30.9 Å². The van der Waals surface area contributed by atoms with Gasteiger partial charge < -0.3 is 18.8 Å². The summed E-state index contributed by atoms with van der Waals surface area (Å²) in [6.07, 6.45) is 4.15. The van der Waals surface area contributed by atoms with Crippen molar-refractivity contribution >= 4 is 5.91 Å². The molecular weight excluding hydrogens is 270 g/mol. The third-order valence-corrected chi connectivity index (χ3v) is 4.98. The maximum atomic E-state index is 12.4. The number of likely N-dealkylation sites (tertiary alicyclic amines) is 1. The van der Waals surface area contributed by atoms with E-state index in [2.05, 4.69) is 0 Å². The smallest absolute Gasteiger partial charge is 0.289 e. The highest BCUT2D eigenvalue weighted by Gasteiger charge is 2.52. The fraction of sp³-hybridized carbons (Fsp3) is 0.688. The number of ether oxygens (including phenoxy) is 2. The van der Waals surface area contributed by atoms with Crippen LogP contribution in [0.1, 0.15) is 23.4 Å². The van der Waals surface area contributed by atoms with E-state index in [4.69, 9.17) is 13.9 Å². The van der Waals surface area contributed by atoms with Crippen molar-refractivity contribution in [2.24, 2.45) is 17.3 Å². The summed E-state index contributed by atoms with van der Waals surface area (Å²) >= 11 is 0. The molecule has 5 heteroatoms. The Bertz CT molecular complexity index is 510. The van der Waals surface area contributed by atoms with Gasteiger partial charge in [0, 0.05) is 31.0 Å². The molecule has 1 aromatic rings. The van der Waals surface area contributed by atoms with Crippen LogP contribution in [0.2, 0.25) is 0 Å². The summed E-state index contributed by atoms with van der Waals surface area (Å²) in [5, 5.41) is 0. The Kier molecular flexibility index (Phi) is 3.27. The zero-order chi connectivity index (χ0) is 14.3. The van der Waals surface area contributed by atoms with Crippen LogP contribution in [0.5, 0.6) is 0 Å². The Hall–Kier alpha value is -1.33. The molecule has 2 aliphatic heterocycles. The average molecular weight is 291 g/mol. The van der Waals surface area contributed by atoms with Crippen molar-refractivity contribution < 1.29 is 18.7 Å². The Labute approximate surface area is 124 Å². The summed E-state index contributed by atoms with van der Waals surface area (Å²) in [4.78, 5) is 14.3. The van der Waals surface area contributed by atoms with Gasteiger partial charge in [-0.15, -0.1) is 0 Å². The highest BCUT2D eigenvalue weighted by atomic mass is 16.5. The molecule has 5 nitrogen and oxygen atoms in total. The van der Waals surface area contributed by atoms with Crippen LogP contribution in [0.3, 0.4) is 0 Å². The van der Waals surface area contributed by atoms with Crippen LogP contribution >= 0.6 is 0 Å². The van der Waals surface area contributed by atoms with Crippen molar-refractivity contribution in [2.75, 3.05) is 39.5 Å². The van der Waals surface area contributed by atoms with E-state index < -0.39 is 0 Å². The molecule has 0 unspecified atom stereocenters. The van der Waals surface area contributed by atoms with Crippen LogP contribution in [0.4, 0.5) is 0 Å². The van der Waals surface area contributed by atoms with Gasteiger partial charge in [-0.3, -0.25) is 4.79 Å². The van der Waals surface area contributed by atoms with Crippen LogP contribution in [-0.4, -0.2) is 50.3 Å². The highest BCUT2D eigenvalue weighted by Crippen LogP contribution is 2.42. The lowest BCUT2D eigenvalue weighted by Gasteiger charge is -2.26. The maximum absolute atomic E-state index is 12.4. The minimum absolute atomic E-state index is 0.0167. The molecule has 0 aromatic carbocycles. The lowest BCUT2D eigenvalue weighted by molar-refractivity contribution is 0.0219. The number of carbonyl (C=O) groups excluding carboxylic acids is 1. The second-order valence-corrected chi connectivity index (χ2v) is 6.70. The summed E-state index contributed by atoms with van der Waals surface area (Å²) in [5.74, 6) is 1.56. The summed E-state index contributed by atoms with van der Waals surface area (Å²) in [6, 6.07) is 3.48. The minimum Gasteiger partial charge on any atom is -0.459 e. The predicted octanol–water partition coefficient (Wildman–Crippen LogP) is 1.79. The molecule has 114 valence electrons. The van der Waals surface area contributed by atoms with Gasteiger partial charge in [0.15, 0.2) is 5.76 Å². The molecule has 1 amide bonds. The Morgan fingerprint density at radius 3 is 3.14 bits per heavy atom. The van der Waals surface area contributed by atoms with Gasteiger partial charge in [0.2, 0.25) is 0 Å². The van der Waals surface area contributed by atoms with E-state index in [-0.39, 0.29) is 11.3 Å². The Morgan fingerprint density at radius 1 is 1.48 bits per heavy atom. The van der Waals surface area contributed by atoms with E-state index in [1.807, 2.05) is 4.90 Å². The van der Waals surface area contributed by atoms with Crippen molar-refractivity contribution in [1.29, 1.82) is 0 Å². The third kappa shape index (κ3) is 2.49. The molecular formula is C16H21NO4. The first kappa shape index (κ1) is 13.3. The van der Waals surface area contributed by atoms with Gasteiger partial charge in [-0.2, -0.15) is 0 Å². The molecule has 2 atom stereocenters. The van der Waals surface area contributed by atoms with Crippen LogP contribution in [0, 0.1) is 17.3 Å². The summed E-state index contributed by atoms with van der Waals surface area (Å²) in [5.41, 5.74) is -0.0167. The maximum Gasteiger partial charge on any atom is 0.289 e. The van der Waals surface area contributed by atoms with Crippen LogP contribution in [0.15, 0.2) is 22.8 Å². The molecule has 3 fully saturated rings. The monoisotopic (exact) mass is 291 g/mol. The van der Waals surface area contributed by atoms with Crippen LogP contribution in [-0.2, 0) is 9.47 Å². The van der Waals surface area contributed by atoms with Crippen molar-refractivity contribution in [2.45, 2.75) is 12.8 Å². The third-order valence-electron chi connectivity index (χ3n) is 4.98. The molecule has 0 bridgehead atoms. The molecule has 1 aromatic heterocycles. The van der Waals surface area contributed by atoms with Gasteiger partial charge in [0.05, 0.1) is 26.1 Å². The number of carbonyl (C=O) groups is 1. The van der Waals surface area contributed by atoms with Crippen molar-refractivity contribution in [1.82, 2.24) is 4.90 Å². The number of fused-ring (bicyclic) bond motifs is 1. The molecule has 0 spiro atoms. The second kappa shape index (κ2) is 5.14. The van der Waals surface area contributed by atoms with E-state index in [1.165, 1.54) is 12.8 Å². The molecule has 1 saturated carbocycles. The molecule has 3 aliphatic rings. The average Bonchev–Trinajstić information content (AvgIpc) is 2.91. The molecule has 1 aliphatic carbocycles. The minimum atomic E-state index is -0.0176. The van der Waals surface area contributed by atoms with Gasteiger partial charge in [-0.1, -0.05) is 0 Å². The standard InChI is InChI=1S/C16H21NO4/c18-15(14-2-1-5-21-14)17-6-13-8-20-11-16(13,9-17)10-19-7-12-3-4-12/h1-2,5,12-13H,3-4,6-11H2/t13-,16-/m1/s1. The lowest BCUT2D eigenvalue weighted by atomic mass is 9.82. The number of hydrogen-bond acceptors (Lipinski definition) is 4. The first-order valence-electron chi connectivity index (χ1n) is 7.75. The normalized spacial score (nSPS) is 31.6. The number of hydrogen-bond donors (Lipinski definition) is 0. The quantitative estimate of drug-likeness (QED) is 0.830. The first-order valence-corrected chi connectivity index (χ1v) is 7.75. The van der Waals surface area contributed by atoms with E-state index in [1.54, 1.807) is 18.4 Å². The summed E-state index contributed by atoms with van der Waals surface area (Å²) in [6.45, 7) is 4.45. The van der Waals surface area contributed by atoms with Crippen molar-refractivity contribution in [3.63, 3.8) is 0 Å². The molecule has 2 saturated heterocycles. The fourth-order valence-electron chi connectivity index (χ4n) is 3.46. The van der Waals surface area contributed by atoms with Crippen molar-refractivity contribution in [3.05, 3.63) is 24.2 Å². The highest BCUT2D eigenvalue weighted by molar-refractivity contribution is 5.91. The van der Waals surface area contributed by atoms with Crippen LogP contribution in [0.25, 0.3) is 0 Å². The SMILES string of the molecule is O=C(c1ccco1)N1C[C@@H]2COC[C@]2(COCC2CC2)C1. The number of furan rings is 1. The molecule has 21 heavy (non-hydrogen) atoms. The van der Waals surface area contributed by atoms with E-state index in [9.17, 15) is 4.79 Å². The van der Waals surface area contributed by atoms with Gasteiger partial charge >= 0.3 is 0 Å². The second-order valence-electron chi connectivity index (χ2n) is 6.70. The topological polar surface area (TPSA) is 51.9 Å². The number of amides is 1. The summed E-state index contributed by atoms with van der Waals surface area (Å²) < 4.78 is 16.8. The molecule has 3 heterocycles. The largest absolute Gasteiger partial charge is 0.459 e. The van der Waals surface area contributed by atoms with Gasteiger partial charge in [0.1, 0.15) is 0 Å². The van der Waals surface area contributed by atoms with Gasteiger partial charge in [-0.25, -0.2) is 0 Å². The van der Waals surface area contributed by atoms with E-state index in [0.717, 1.165) is 25.7 Å². The van der Waals surface area contributed by atoms with Crippen LogP contribution < -0.4 is 0 Å². The predicted molar refractivity (Wildman–Crippen MR) is 74.9 cm³/mol. The van der Waals surface area contributed by atoms with E-state index in [0.29, 0.717) is 31.4 Å². The fourth-order valence-corrected chi connectivity index (χ4v) is 3.46. The van der Waals surface area contributed by atoms with Crippen molar-refractivity contribution in [3.8, 4) is 0 Å². The molecule has 4 rings (SSSR count). The Morgan fingerprint density at radius 2 is 2.38 bits per heavy atom. The number of nitrogens with zero attached hydrogens (tertiary/aromatic N) is 1. The summed E-state index contributed by atoms with van der Waals surface area (Å²) in [7, 11) is 0. The molecule has 0 radical (unpaired) electrons. The van der Waals surface area contributed by atoms with Gasteiger partial charge in [0.25, 0.3) is 5.91 Å². The number of rotatable bonds is 5. The zero-order valence-corrected chi connectivity index (χ0v) is 12.1. The lowest BCUT2D eigenvalue weighted by Crippen LogP contribution is -2.37. The zero-order valence-electron chi connectivity index (χ0n) is 12.1.